The molecule has 0 saturated carbocycles. The van der Waals surface area contributed by atoms with Crippen LogP contribution in [0, 0.1) is 0 Å². The summed E-state index contributed by atoms with van der Waals surface area (Å²) >= 11 is -2.22. The standard InChI is InChI=1S/C34H47N11O16S4.4Na/c1-22(21-62(49)61-48)29-39-30(35-9-14-59-16-12-46)41-32(40-29)37-25-7-5-23(27(19-25)64(53,54)55)3-4-24-6-8-26(20-28(24)65(56,57)58)38-33-42-31(36-10-15-60-17-13-47)43-34(44-33)45(2)11-18-63(50,51)52;;;;/h3-8,19-20,22,46-48H,9-18,21H2,1-2H3,(H,50,51,52)(H,53,54,55)(H,56,57,58)(H2,35,37,39,40,41)(H2,36,38,42,43,44);;;;/q;4*+1/p-4. The molecule has 4 aromatic rings. The van der Waals surface area contributed by atoms with Crippen LogP contribution in [0.5, 0.6) is 0 Å². The average Bonchev–Trinajstić information content (AvgIpc) is 3.24. The number of nitrogens with one attached hydrogen (secondary N) is 4. The summed E-state index contributed by atoms with van der Waals surface area (Å²) in [4.78, 5) is 25.0. The van der Waals surface area contributed by atoms with Gasteiger partial charge < -0.3 is 69.1 Å². The summed E-state index contributed by atoms with van der Waals surface area (Å²) in [6.07, 6.45) is 2.18. The van der Waals surface area contributed by atoms with Crippen LogP contribution in [-0.4, -0.2) is 161 Å². The maximum absolute atomic E-state index is 12.5. The molecule has 27 nitrogen and oxygen atoms in total. The van der Waals surface area contributed by atoms with E-state index in [4.69, 9.17) is 19.7 Å². The number of hydrogen-bond acceptors (Lipinski definition) is 27. The molecule has 6 N–H and O–H groups in total. The van der Waals surface area contributed by atoms with Crippen LogP contribution in [0.1, 0.15) is 29.8 Å². The van der Waals surface area contributed by atoms with Gasteiger partial charge in [-0.3, -0.25) is 0 Å². The van der Waals surface area contributed by atoms with Gasteiger partial charge in [0.15, 0.2) is 0 Å². The van der Waals surface area contributed by atoms with Crippen molar-refractivity contribution in [2.24, 2.45) is 0 Å². The molecule has 2 unspecified atom stereocenters. The molecule has 4 rings (SSSR count). The second-order valence-corrected chi connectivity index (χ2v) is 18.6. The molecule has 2 atom stereocenters. The maximum atomic E-state index is 12.5. The predicted octanol–water partition coefficient (Wildman–Crippen LogP) is -13.6. The zero-order chi connectivity index (χ0) is 47.8. The van der Waals surface area contributed by atoms with Gasteiger partial charge in [0.25, 0.3) is 0 Å². The first-order valence-corrected chi connectivity index (χ1v) is 24.4. The first kappa shape index (κ1) is 67.8. The number of rotatable bonds is 28. The quantitative estimate of drug-likeness (QED) is 0.00768. The van der Waals surface area contributed by atoms with Gasteiger partial charge in [-0.2, -0.15) is 29.9 Å². The maximum Gasteiger partial charge on any atom is 1.00 e. The van der Waals surface area contributed by atoms with Crippen LogP contribution < -0.4 is 150 Å². The Morgan fingerprint density at radius 3 is 1.57 bits per heavy atom. The van der Waals surface area contributed by atoms with Gasteiger partial charge in [0, 0.05) is 44.0 Å². The van der Waals surface area contributed by atoms with E-state index in [2.05, 4.69) is 55.5 Å². The molecule has 0 saturated heterocycles. The molecule has 0 radical (unpaired) electrons. The number of aromatic nitrogens is 6. The third kappa shape index (κ3) is 24.2. The molecule has 0 aliphatic carbocycles. The normalized spacial score (nSPS) is 12.3. The van der Waals surface area contributed by atoms with E-state index < -0.39 is 62.9 Å². The first-order valence-electron chi connectivity index (χ1n) is 18.8. The molecule has 0 aliphatic heterocycles. The molecule has 2 aromatic heterocycles. The van der Waals surface area contributed by atoms with Gasteiger partial charge in [-0.05, 0) is 35.4 Å². The van der Waals surface area contributed by atoms with E-state index >= 15 is 0 Å². The minimum Gasteiger partial charge on any atom is -0.748 e. The number of nitrogens with zero attached hydrogens (tertiary/aromatic N) is 7. The summed E-state index contributed by atoms with van der Waals surface area (Å²) in [5, 5.41) is 39.7. The molecule has 0 aliphatic rings. The van der Waals surface area contributed by atoms with Crippen LogP contribution in [0.15, 0.2) is 46.2 Å². The van der Waals surface area contributed by atoms with Crippen LogP contribution in [0.25, 0.3) is 12.2 Å². The molecule has 0 bridgehead atoms. The fourth-order valence-corrected chi connectivity index (χ4v) is 7.75. The summed E-state index contributed by atoms with van der Waals surface area (Å²) in [5.74, 6) is -2.30. The third-order valence-corrected chi connectivity index (χ3v) is 11.6. The minimum atomic E-state index is -5.24. The summed E-state index contributed by atoms with van der Waals surface area (Å²) in [6.45, 7) is 1.55. The van der Waals surface area contributed by atoms with Crippen molar-refractivity contribution < 1.29 is 191 Å². The van der Waals surface area contributed by atoms with Crippen LogP contribution in [0.4, 0.5) is 41.1 Å². The van der Waals surface area contributed by atoms with Crippen LogP contribution in [-0.2, 0) is 55.2 Å². The van der Waals surface area contributed by atoms with Crippen molar-refractivity contribution in [1.29, 1.82) is 0 Å². The Labute approximate surface area is 489 Å². The number of aliphatic hydroxyl groups is 2. The van der Waals surface area contributed by atoms with E-state index in [1.54, 1.807) is 6.92 Å². The molecule has 0 amide bonds. The van der Waals surface area contributed by atoms with Crippen molar-refractivity contribution in [1.82, 2.24) is 29.9 Å². The second-order valence-electron chi connectivity index (χ2n) is 13.3. The summed E-state index contributed by atoms with van der Waals surface area (Å²) in [6, 6.07) is 6.94. The second kappa shape index (κ2) is 32.9. The van der Waals surface area contributed by atoms with Crippen LogP contribution >= 0.6 is 0 Å². The summed E-state index contributed by atoms with van der Waals surface area (Å²) in [7, 11) is -13.7. The van der Waals surface area contributed by atoms with E-state index in [0.29, 0.717) is 0 Å². The van der Waals surface area contributed by atoms with E-state index in [9.17, 15) is 48.4 Å². The van der Waals surface area contributed by atoms with Crippen molar-refractivity contribution in [2.75, 3.05) is 104 Å². The number of hydrogen-bond donors (Lipinski definition) is 6. The van der Waals surface area contributed by atoms with Crippen molar-refractivity contribution in [3.63, 3.8) is 0 Å². The Morgan fingerprint density at radius 2 is 1.13 bits per heavy atom. The van der Waals surface area contributed by atoms with Gasteiger partial charge in [0.1, 0.15) is 37.1 Å². The minimum absolute atomic E-state index is 0. The molecule has 0 spiro atoms. The van der Waals surface area contributed by atoms with Gasteiger partial charge in [0.2, 0.25) is 29.7 Å². The molecule has 0 fully saturated rings. The predicted molar refractivity (Wildman–Crippen MR) is 227 cm³/mol. The SMILES string of the molecule is CC(CS(=O)O[O-])c1nc(NCCOCCO)nc(Nc2ccc(C=Cc3ccc(Nc4nc(NCCOCCO)nc(N(C)CCS(=O)(=O)[O-])n4)cc3S(=O)(=O)[O-])c(S(=O)(=O)[O-])c2)n1.[Na+].[Na+].[Na+].[Na+]. The van der Waals surface area contributed by atoms with Crippen molar-refractivity contribution in [2.45, 2.75) is 22.6 Å². The smallest absolute Gasteiger partial charge is 0.748 e. The molecular weight excluding hydrogens is 1040 g/mol. The van der Waals surface area contributed by atoms with Gasteiger partial charge in [-0.1, -0.05) is 31.2 Å². The molecule has 358 valence electrons. The van der Waals surface area contributed by atoms with Crippen molar-refractivity contribution >= 4 is 94.7 Å². The Balaban J connectivity index is 0.0000116. The van der Waals surface area contributed by atoms with Crippen LogP contribution in [0.2, 0.25) is 0 Å². The Kier molecular flexibility index (Phi) is 32.4. The fraction of sp³-hybridized carbons (Fsp3) is 0.412. The van der Waals surface area contributed by atoms with Gasteiger partial charge >= 0.3 is 118 Å². The summed E-state index contributed by atoms with van der Waals surface area (Å²) < 4.78 is 135. The molecule has 2 heterocycles. The molecule has 2 aromatic carbocycles. The van der Waals surface area contributed by atoms with Gasteiger partial charge in [-0.15, -0.1) is 0 Å². The summed E-state index contributed by atoms with van der Waals surface area (Å²) in [5.41, 5.74) is -0.491. The Bertz CT molecular complexity index is 2650. The van der Waals surface area contributed by atoms with E-state index in [1.165, 1.54) is 36.2 Å². The third-order valence-electron chi connectivity index (χ3n) is 8.25. The van der Waals surface area contributed by atoms with Crippen molar-refractivity contribution in [3.8, 4) is 0 Å². The topological polar surface area (TPSA) is 409 Å². The monoisotopic (exact) mass is 1080 g/mol. The molecule has 35 heteroatoms. The van der Waals surface area contributed by atoms with E-state index in [-0.39, 0.29) is 241 Å². The number of benzene rings is 2. The zero-order valence-electron chi connectivity index (χ0n) is 38.3. The number of aliphatic hydroxyl groups excluding tert-OH is 2. The average molecular weight is 1080 g/mol. The van der Waals surface area contributed by atoms with Crippen LogP contribution in [0.3, 0.4) is 0 Å². The Morgan fingerprint density at radius 1 is 0.696 bits per heavy atom. The van der Waals surface area contributed by atoms with Crippen molar-refractivity contribution in [3.05, 3.63) is 53.3 Å². The first-order chi connectivity index (χ1) is 30.7. The molecule has 69 heavy (non-hydrogen) atoms. The zero-order valence-corrected chi connectivity index (χ0v) is 49.6. The fourth-order valence-electron chi connectivity index (χ4n) is 5.25. The van der Waals surface area contributed by atoms with Gasteiger partial charge in [0.05, 0.1) is 71.1 Å². The number of ether oxygens (including phenoxy) is 2. The van der Waals surface area contributed by atoms with E-state index in [0.717, 1.165) is 24.3 Å². The Hall–Kier alpha value is -1.16. The van der Waals surface area contributed by atoms with E-state index in [1.807, 2.05) is 0 Å². The van der Waals surface area contributed by atoms with Gasteiger partial charge in [-0.25, -0.2) is 29.5 Å². The largest absolute Gasteiger partial charge is 1.00 e. The molecular formula is C34H43N11Na4O16S4. The number of anilines is 7.